The first-order valence-electron chi connectivity index (χ1n) is 8.54. The van der Waals surface area contributed by atoms with Crippen molar-refractivity contribution in [3.8, 4) is 0 Å². The molecule has 30 heavy (non-hydrogen) atoms. The van der Waals surface area contributed by atoms with Crippen LogP contribution < -0.4 is 5.32 Å². The van der Waals surface area contributed by atoms with Gasteiger partial charge in [-0.05, 0) is 54.1 Å². The van der Waals surface area contributed by atoms with Crippen LogP contribution in [0.1, 0.15) is 22.1 Å². The molecule has 156 valence electrons. The summed E-state index contributed by atoms with van der Waals surface area (Å²) in [5, 5.41) is 9.52. The summed E-state index contributed by atoms with van der Waals surface area (Å²) in [4.78, 5) is 14.6. The Morgan fingerprint density at radius 2 is 1.80 bits per heavy atom. The van der Waals surface area contributed by atoms with Crippen LogP contribution in [-0.4, -0.2) is 24.6 Å². The van der Waals surface area contributed by atoms with E-state index in [1.165, 1.54) is 42.6 Å². The lowest BCUT2D eigenvalue weighted by Crippen LogP contribution is -2.21. The van der Waals surface area contributed by atoms with Gasteiger partial charge in [-0.2, -0.15) is 0 Å². The Morgan fingerprint density at radius 1 is 1.10 bits per heavy atom. The number of carboxylic acid groups (broad SMARTS) is 1. The number of halogens is 3. The molecule has 6 nitrogen and oxygen atoms in total. The van der Waals surface area contributed by atoms with Crippen LogP contribution in [0.3, 0.4) is 0 Å². The summed E-state index contributed by atoms with van der Waals surface area (Å²) in [6.07, 6.45) is 0.0384. The van der Waals surface area contributed by atoms with Gasteiger partial charge in [0.05, 0.1) is 10.6 Å². The normalized spacial score (nSPS) is 12.4. The van der Waals surface area contributed by atoms with E-state index in [2.05, 4.69) is 10.3 Å². The number of carbonyl (C=O) groups is 1. The predicted octanol–water partition coefficient (Wildman–Crippen LogP) is 4.34. The largest absolute Gasteiger partial charge is 0.465 e. The molecule has 0 spiro atoms. The molecule has 3 rings (SSSR count). The van der Waals surface area contributed by atoms with E-state index in [1.807, 2.05) is 0 Å². The first-order valence-corrected chi connectivity index (χ1v) is 10.5. The fraction of sp³-hybridized carbons (Fsp3) is 0.100. The standard InChI is InChI=1S/C20H15ClF2N2O4S/c21-13-2-5-15(6-3-13)30(28,29)19(16-9-14(22)4-7-17(16)23)18-8-1-12(10-24-18)11-25-20(26)27/h1-10,19,25H,11H2,(H,26,27). The average Bonchev–Trinajstić information content (AvgIpc) is 2.70. The second kappa shape index (κ2) is 8.76. The molecule has 0 radical (unpaired) electrons. The summed E-state index contributed by atoms with van der Waals surface area (Å²) < 4.78 is 55.1. The Balaban J connectivity index is 2.12. The fourth-order valence-corrected chi connectivity index (χ4v) is 4.72. The van der Waals surface area contributed by atoms with Gasteiger partial charge in [-0.1, -0.05) is 17.7 Å². The summed E-state index contributed by atoms with van der Waals surface area (Å²) in [5.74, 6) is -1.71. The minimum Gasteiger partial charge on any atom is -0.465 e. The van der Waals surface area contributed by atoms with Gasteiger partial charge in [0.2, 0.25) is 0 Å². The Labute approximate surface area is 176 Å². The topological polar surface area (TPSA) is 96.4 Å². The van der Waals surface area contributed by atoms with Gasteiger partial charge >= 0.3 is 6.09 Å². The number of amides is 1. The van der Waals surface area contributed by atoms with Gasteiger partial charge in [0.1, 0.15) is 16.9 Å². The van der Waals surface area contributed by atoms with Gasteiger partial charge in [0, 0.05) is 23.3 Å². The molecular formula is C20H15ClF2N2O4S. The van der Waals surface area contributed by atoms with Crippen LogP contribution >= 0.6 is 11.6 Å². The maximum absolute atomic E-state index is 14.5. The van der Waals surface area contributed by atoms with Crippen molar-refractivity contribution in [3.63, 3.8) is 0 Å². The minimum atomic E-state index is -4.24. The number of rotatable bonds is 6. The van der Waals surface area contributed by atoms with Crippen LogP contribution in [0.2, 0.25) is 5.02 Å². The van der Waals surface area contributed by atoms with E-state index >= 15 is 0 Å². The van der Waals surface area contributed by atoms with Crippen molar-refractivity contribution in [2.24, 2.45) is 0 Å². The number of hydrogen-bond acceptors (Lipinski definition) is 4. The van der Waals surface area contributed by atoms with Crippen LogP contribution in [0, 0.1) is 11.6 Å². The molecule has 0 bridgehead atoms. The first-order chi connectivity index (χ1) is 14.2. The molecule has 0 saturated carbocycles. The second-order valence-electron chi connectivity index (χ2n) is 6.29. The highest BCUT2D eigenvalue weighted by molar-refractivity contribution is 7.91. The van der Waals surface area contributed by atoms with Crippen LogP contribution in [0.25, 0.3) is 0 Å². The van der Waals surface area contributed by atoms with Crippen molar-refractivity contribution in [2.45, 2.75) is 16.7 Å². The van der Waals surface area contributed by atoms with E-state index in [0.29, 0.717) is 10.6 Å². The molecule has 1 unspecified atom stereocenters. The number of aromatic nitrogens is 1. The lowest BCUT2D eigenvalue weighted by atomic mass is 10.1. The number of benzene rings is 2. The summed E-state index contributed by atoms with van der Waals surface area (Å²) >= 11 is 5.83. The number of hydrogen-bond donors (Lipinski definition) is 2. The molecule has 0 aliphatic rings. The molecule has 3 aromatic rings. The first kappa shape index (κ1) is 21.7. The zero-order valence-corrected chi connectivity index (χ0v) is 16.8. The zero-order valence-electron chi connectivity index (χ0n) is 15.2. The van der Waals surface area contributed by atoms with Crippen molar-refractivity contribution in [3.05, 3.63) is 94.3 Å². The molecule has 1 heterocycles. The van der Waals surface area contributed by atoms with E-state index in [1.54, 1.807) is 0 Å². The third-order valence-electron chi connectivity index (χ3n) is 4.25. The van der Waals surface area contributed by atoms with Crippen molar-refractivity contribution < 1.29 is 27.1 Å². The highest BCUT2D eigenvalue weighted by Crippen LogP contribution is 2.36. The SMILES string of the molecule is O=C(O)NCc1ccc(C(c2cc(F)ccc2F)S(=O)(=O)c2ccc(Cl)cc2)nc1. The molecule has 10 heteroatoms. The van der Waals surface area contributed by atoms with Gasteiger partial charge in [0.25, 0.3) is 0 Å². The van der Waals surface area contributed by atoms with Crippen molar-refractivity contribution in [2.75, 3.05) is 0 Å². The van der Waals surface area contributed by atoms with Gasteiger partial charge in [-0.15, -0.1) is 0 Å². The van der Waals surface area contributed by atoms with Crippen LogP contribution in [0.15, 0.2) is 65.7 Å². The summed E-state index contributed by atoms with van der Waals surface area (Å²) in [7, 11) is -4.24. The van der Waals surface area contributed by atoms with Gasteiger partial charge < -0.3 is 10.4 Å². The van der Waals surface area contributed by atoms with Gasteiger partial charge in [-0.3, -0.25) is 4.98 Å². The third kappa shape index (κ3) is 4.74. The van der Waals surface area contributed by atoms with E-state index in [9.17, 15) is 22.0 Å². The maximum atomic E-state index is 14.5. The Kier molecular flexibility index (Phi) is 6.33. The number of sulfone groups is 1. The Hall–Kier alpha value is -3.04. The summed E-state index contributed by atoms with van der Waals surface area (Å²) in [6, 6.07) is 10.6. The van der Waals surface area contributed by atoms with Crippen molar-refractivity contribution in [1.82, 2.24) is 10.3 Å². The molecular weight excluding hydrogens is 438 g/mol. The van der Waals surface area contributed by atoms with Gasteiger partial charge in [-0.25, -0.2) is 22.0 Å². The van der Waals surface area contributed by atoms with E-state index < -0.39 is 38.4 Å². The molecule has 1 amide bonds. The van der Waals surface area contributed by atoms with E-state index in [-0.39, 0.29) is 17.1 Å². The molecule has 0 aliphatic heterocycles. The molecule has 0 aliphatic carbocycles. The van der Waals surface area contributed by atoms with E-state index in [4.69, 9.17) is 16.7 Å². The lowest BCUT2D eigenvalue weighted by Gasteiger charge is -2.19. The van der Waals surface area contributed by atoms with Crippen molar-refractivity contribution in [1.29, 1.82) is 0 Å². The van der Waals surface area contributed by atoms with Crippen LogP contribution in [-0.2, 0) is 16.4 Å². The van der Waals surface area contributed by atoms with E-state index in [0.717, 1.165) is 18.2 Å². The predicted molar refractivity (Wildman–Crippen MR) is 106 cm³/mol. The number of nitrogens with one attached hydrogen (secondary N) is 1. The van der Waals surface area contributed by atoms with Gasteiger partial charge in [0.15, 0.2) is 9.84 Å². The molecule has 2 aromatic carbocycles. The number of nitrogens with zero attached hydrogens (tertiary/aromatic N) is 1. The summed E-state index contributed by atoms with van der Waals surface area (Å²) in [6.45, 7) is -0.0501. The second-order valence-corrected chi connectivity index (χ2v) is 8.76. The summed E-state index contributed by atoms with van der Waals surface area (Å²) in [5.41, 5.74) is 0.0193. The highest BCUT2D eigenvalue weighted by Gasteiger charge is 2.34. The molecule has 1 aromatic heterocycles. The highest BCUT2D eigenvalue weighted by atomic mass is 35.5. The molecule has 1 atom stereocenters. The minimum absolute atomic E-state index is 0.0477. The molecule has 0 saturated heterocycles. The monoisotopic (exact) mass is 452 g/mol. The molecule has 0 fully saturated rings. The zero-order chi connectivity index (χ0) is 21.9. The molecule has 2 N–H and O–H groups in total. The third-order valence-corrected chi connectivity index (χ3v) is 6.55. The number of pyridine rings is 1. The lowest BCUT2D eigenvalue weighted by molar-refractivity contribution is 0.194. The fourth-order valence-electron chi connectivity index (χ4n) is 2.83. The Morgan fingerprint density at radius 3 is 2.40 bits per heavy atom. The average molecular weight is 453 g/mol. The van der Waals surface area contributed by atoms with Crippen LogP contribution in [0.5, 0.6) is 0 Å². The Bertz CT molecular complexity index is 1170. The maximum Gasteiger partial charge on any atom is 0.404 e. The quantitative estimate of drug-likeness (QED) is 0.579. The van der Waals surface area contributed by atoms with Crippen molar-refractivity contribution >= 4 is 27.5 Å². The van der Waals surface area contributed by atoms with Crippen LogP contribution in [0.4, 0.5) is 13.6 Å². The smallest absolute Gasteiger partial charge is 0.404 e.